The third-order valence-corrected chi connectivity index (χ3v) is 7.05. The van der Waals surface area contributed by atoms with Crippen molar-refractivity contribution in [3.8, 4) is 0 Å². The van der Waals surface area contributed by atoms with Gasteiger partial charge in [0.2, 0.25) is 0 Å². The minimum atomic E-state index is -0.460. The van der Waals surface area contributed by atoms with Crippen LogP contribution in [0, 0.1) is 29.1 Å². The van der Waals surface area contributed by atoms with Crippen LogP contribution in [0.5, 0.6) is 0 Å². The first-order chi connectivity index (χ1) is 13.7. The average Bonchev–Trinajstić information content (AvgIpc) is 2.67. The standard InChI is InChI=1S/C25H36O4/c1-6-25(4,5)24(27)29-21-15-16(2)14-18-11-10-17(3)20(23(18)21)13-12-19-8-7-9-22(26)28-19/h7,9-11,14,16-17,19-21,23H,6,8,12-13,15H2,1-5H3/t16-,17+,19+,20+,21-,23+/m1/s1. The first-order valence-corrected chi connectivity index (χ1v) is 11.2. The van der Waals surface area contributed by atoms with Gasteiger partial charge in [0.1, 0.15) is 12.2 Å². The molecule has 0 amide bonds. The molecule has 1 heterocycles. The number of carbonyl (C=O) groups excluding carboxylic acids is 2. The highest BCUT2D eigenvalue weighted by Gasteiger charge is 2.43. The second-order valence-corrected chi connectivity index (χ2v) is 9.74. The summed E-state index contributed by atoms with van der Waals surface area (Å²) in [7, 11) is 0. The van der Waals surface area contributed by atoms with Crippen LogP contribution in [-0.2, 0) is 19.1 Å². The van der Waals surface area contributed by atoms with Gasteiger partial charge in [-0.05, 0) is 62.9 Å². The van der Waals surface area contributed by atoms with Crippen molar-refractivity contribution in [2.24, 2.45) is 29.1 Å². The van der Waals surface area contributed by atoms with E-state index in [1.54, 1.807) is 0 Å². The zero-order valence-corrected chi connectivity index (χ0v) is 18.5. The maximum absolute atomic E-state index is 12.8. The van der Waals surface area contributed by atoms with E-state index in [1.807, 2.05) is 26.8 Å². The molecule has 0 saturated heterocycles. The van der Waals surface area contributed by atoms with Gasteiger partial charge in [-0.15, -0.1) is 0 Å². The Kier molecular flexibility index (Phi) is 6.70. The Hall–Kier alpha value is -1.84. The third-order valence-electron chi connectivity index (χ3n) is 7.05. The molecule has 3 aliphatic rings. The molecule has 29 heavy (non-hydrogen) atoms. The Morgan fingerprint density at radius 3 is 2.69 bits per heavy atom. The largest absolute Gasteiger partial charge is 0.461 e. The van der Waals surface area contributed by atoms with E-state index in [-0.39, 0.29) is 30.1 Å². The number of ether oxygens (including phenoxy) is 2. The van der Waals surface area contributed by atoms with Crippen LogP contribution < -0.4 is 0 Å². The fourth-order valence-electron chi connectivity index (χ4n) is 4.79. The van der Waals surface area contributed by atoms with Gasteiger partial charge in [0.15, 0.2) is 0 Å². The van der Waals surface area contributed by atoms with E-state index in [1.165, 1.54) is 11.6 Å². The van der Waals surface area contributed by atoms with Crippen molar-refractivity contribution >= 4 is 11.9 Å². The molecule has 0 fully saturated rings. The lowest BCUT2D eigenvalue weighted by molar-refractivity contribution is -0.165. The summed E-state index contributed by atoms with van der Waals surface area (Å²) in [5.41, 5.74) is 0.846. The second kappa shape index (κ2) is 8.89. The number of esters is 2. The first kappa shape index (κ1) is 21.9. The Labute approximate surface area is 175 Å². The number of hydrogen-bond donors (Lipinski definition) is 0. The molecule has 2 aliphatic carbocycles. The summed E-state index contributed by atoms with van der Waals surface area (Å²) in [5.74, 6) is 1.07. The molecule has 0 saturated carbocycles. The van der Waals surface area contributed by atoms with Crippen molar-refractivity contribution in [2.75, 3.05) is 0 Å². The minimum absolute atomic E-state index is 0.0411. The smallest absolute Gasteiger partial charge is 0.330 e. The average molecular weight is 401 g/mol. The van der Waals surface area contributed by atoms with Crippen molar-refractivity contribution in [3.63, 3.8) is 0 Å². The van der Waals surface area contributed by atoms with Crippen LogP contribution in [0.15, 0.2) is 36.0 Å². The molecule has 0 N–H and O–H groups in total. The summed E-state index contributed by atoms with van der Waals surface area (Å²) in [6.45, 7) is 10.4. The quantitative estimate of drug-likeness (QED) is 0.561. The van der Waals surface area contributed by atoms with Crippen molar-refractivity contribution in [3.05, 3.63) is 36.0 Å². The van der Waals surface area contributed by atoms with Crippen LogP contribution in [0.1, 0.15) is 66.7 Å². The molecule has 0 aromatic rings. The minimum Gasteiger partial charge on any atom is -0.461 e. The van der Waals surface area contributed by atoms with Gasteiger partial charge in [-0.25, -0.2) is 4.79 Å². The van der Waals surface area contributed by atoms with Crippen LogP contribution in [-0.4, -0.2) is 24.1 Å². The Morgan fingerprint density at radius 2 is 2.00 bits per heavy atom. The van der Waals surface area contributed by atoms with Gasteiger partial charge in [-0.2, -0.15) is 0 Å². The lowest BCUT2D eigenvalue weighted by atomic mass is 9.65. The fraction of sp³-hybridized carbons (Fsp3) is 0.680. The first-order valence-electron chi connectivity index (χ1n) is 11.2. The lowest BCUT2D eigenvalue weighted by Crippen LogP contribution is -2.43. The SMILES string of the molecule is CCC(C)(C)C(=O)O[C@@H]1C[C@H](C)C=C2C=C[C@H](C)[C@H](CC[C@@H]3CC=CC(=O)O3)[C@H]21. The van der Waals surface area contributed by atoms with E-state index < -0.39 is 5.41 Å². The topological polar surface area (TPSA) is 52.6 Å². The molecule has 4 nitrogen and oxygen atoms in total. The van der Waals surface area contributed by atoms with E-state index in [0.717, 1.165) is 32.1 Å². The zero-order chi connectivity index (χ0) is 21.2. The molecular formula is C25H36O4. The summed E-state index contributed by atoms with van der Waals surface area (Å²) >= 11 is 0. The summed E-state index contributed by atoms with van der Waals surface area (Å²) < 4.78 is 11.6. The Bertz CT molecular complexity index is 714. The van der Waals surface area contributed by atoms with Crippen molar-refractivity contribution in [1.82, 2.24) is 0 Å². The number of cyclic esters (lactones) is 1. The van der Waals surface area contributed by atoms with Crippen LogP contribution in [0.3, 0.4) is 0 Å². The highest BCUT2D eigenvalue weighted by molar-refractivity contribution is 5.82. The predicted molar refractivity (Wildman–Crippen MR) is 114 cm³/mol. The van der Waals surface area contributed by atoms with Gasteiger partial charge >= 0.3 is 11.9 Å². The molecule has 0 radical (unpaired) electrons. The van der Waals surface area contributed by atoms with Gasteiger partial charge in [0.05, 0.1) is 5.41 Å². The highest BCUT2D eigenvalue weighted by Crippen LogP contribution is 2.45. The molecule has 0 unspecified atom stereocenters. The van der Waals surface area contributed by atoms with E-state index in [9.17, 15) is 9.59 Å². The van der Waals surface area contributed by atoms with Crippen LogP contribution in [0.25, 0.3) is 0 Å². The molecule has 3 rings (SSSR count). The number of allylic oxidation sites excluding steroid dienone is 3. The van der Waals surface area contributed by atoms with Gasteiger partial charge in [0.25, 0.3) is 0 Å². The number of fused-ring (bicyclic) bond motifs is 1. The van der Waals surface area contributed by atoms with Crippen LogP contribution in [0.2, 0.25) is 0 Å². The Balaban J connectivity index is 1.77. The van der Waals surface area contributed by atoms with E-state index in [2.05, 4.69) is 32.1 Å². The summed E-state index contributed by atoms with van der Waals surface area (Å²) in [6.07, 6.45) is 14.4. The van der Waals surface area contributed by atoms with Gasteiger partial charge in [-0.3, -0.25) is 4.79 Å². The van der Waals surface area contributed by atoms with Gasteiger partial charge in [0, 0.05) is 18.4 Å². The molecule has 0 spiro atoms. The molecule has 6 atom stereocenters. The molecule has 160 valence electrons. The molecular weight excluding hydrogens is 364 g/mol. The monoisotopic (exact) mass is 400 g/mol. The normalized spacial score (nSPS) is 34.2. The van der Waals surface area contributed by atoms with Crippen molar-refractivity contribution in [2.45, 2.75) is 78.9 Å². The number of carbonyl (C=O) groups is 2. The van der Waals surface area contributed by atoms with E-state index in [0.29, 0.717) is 17.8 Å². The molecule has 1 aliphatic heterocycles. The summed E-state index contributed by atoms with van der Waals surface area (Å²) in [6, 6.07) is 0. The van der Waals surface area contributed by atoms with Crippen molar-refractivity contribution in [1.29, 1.82) is 0 Å². The van der Waals surface area contributed by atoms with Crippen LogP contribution in [0.4, 0.5) is 0 Å². The highest BCUT2D eigenvalue weighted by atomic mass is 16.5. The summed E-state index contributed by atoms with van der Waals surface area (Å²) in [4.78, 5) is 24.4. The molecule has 4 heteroatoms. The van der Waals surface area contributed by atoms with E-state index >= 15 is 0 Å². The fourth-order valence-corrected chi connectivity index (χ4v) is 4.79. The predicted octanol–water partition coefficient (Wildman–Crippen LogP) is 5.39. The molecule has 0 aromatic carbocycles. The van der Waals surface area contributed by atoms with Gasteiger partial charge in [-0.1, -0.05) is 45.1 Å². The summed E-state index contributed by atoms with van der Waals surface area (Å²) in [5, 5.41) is 0. The van der Waals surface area contributed by atoms with Crippen LogP contribution >= 0.6 is 0 Å². The number of rotatable bonds is 6. The number of hydrogen-bond acceptors (Lipinski definition) is 4. The Morgan fingerprint density at radius 1 is 1.24 bits per heavy atom. The lowest BCUT2D eigenvalue weighted by Gasteiger charge is -2.44. The molecule has 0 aromatic heterocycles. The third kappa shape index (κ3) is 5.02. The van der Waals surface area contributed by atoms with E-state index in [4.69, 9.17) is 9.47 Å². The van der Waals surface area contributed by atoms with Crippen molar-refractivity contribution < 1.29 is 19.1 Å². The van der Waals surface area contributed by atoms with Gasteiger partial charge < -0.3 is 9.47 Å². The maximum atomic E-state index is 12.8. The maximum Gasteiger partial charge on any atom is 0.330 e. The molecule has 0 bridgehead atoms. The zero-order valence-electron chi connectivity index (χ0n) is 18.5. The second-order valence-electron chi connectivity index (χ2n) is 9.74.